The van der Waals surface area contributed by atoms with E-state index in [1.165, 1.54) is 16.8 Å². The standard InChI is InChI=1S/C35H32F3N5O6/c1-21-18-28(41-34(39)40-21)48-17-9-10-22-15-16-26-25(19-22)31(45)43(30(32(46)42(26)2)24-13-7-4-8-14-24)27(23-11-5-3-6-12-23)20-29(44)49-33(47)35(36,37)38/h3-8,11-16,18-19,27,30H,9-10,17,20H2,1-2H3,(H2,39,40,41). The molecule has 0 bridgehead atoms. The fourth-order valence-corrected chi connectivity index (χ4v) is 5.64. The van der Waals surface area contributed by atoms with E-state index in [0.29, 0.717) is 41.2 Å². The van der Waals surface area contributed by atoms with E-state index in [1.807, 2.05) is 0 Å². The number of rotatable bonds is 10. The number of nitrogens with zero attached hydrogens (tertiary/aromatic N) is 4. The Bertz CT molecular complexity index is 1840. The topological polar surface area (TPSA) is 145 Å². The zero-order valence-electron chi connectivity index (χ0n) is 26.5. The van der Waals surface area contributed by atoms with Gasteiger partial charge in [0.2, 0.25) is 11.8 Å². The Kier molecular flexibility index (Phi) is 10.3. The first-order chi connectivity index (χ1) is 23.3. The van der Waals surface area contributed by atoms with Gasteiger partial charge in [0.1, 0.15) is 6.04 Å². The molecule has 1 aliphatic heterocycles. The minimum Gasteiger partial charge on any atom is -0.478 e. The fraction of sp³-hybridized carbons (Fsp3) is 0.257. The lowest BCUT2D eigenvalue weighted by Crippen LogP contribution is -2.44. The second kappa shape index (κ2) is 14.5. The van der Waals surface area contributed by atoms with Crippen LogP contribution in [0.3, 0.4) is 0 Å². The monoisotopic (exact) mass is 675 g/mol. The molecule has 0 radical (unpaired) electrons. The van der Waals surface area contributed by atoms with E-state index < -0.39 is 48.4 Å². The largest absolute Gasteiger partial charge is 0.491 e. The first-order valence-corrected chi connectivity index (χ1v) is 15.2. The molecular formula is C35H32F3N5O6. The highest BCUT2D eigenvalue weighted by atomic mass is 19.4. The predicted octanol–water partition coefficient (Wildman–Crippen LogP) is 5.30. The molecule has 254 valence electrons. The summed E-state index contributed by atoms with van der Waals surface area (Å²) in [5.41, 5.74) is 8.25. The number of aryl methyl sites for hydroxylation is 2. The first kappa shape index (κ1) is 34.5. The molecule has 0 aliphatic carbocycles. The Labute approximate surface area is 279 Å². The Hall–Kier alpha value is -5.79. The highest BCUT2D eigenvalue weighted by Gasteiger charge is 2.46. The van der Waals surface area contributed by atoms with Gasteiger partial charge in [-0.2, -0.15) is 18.2 Å². The number of ether oxygens (including phenoxy) is 2. The highest BCUT2D eigenvalue weighted by molar-refractivity contribution is 6.11. The van der Waals surface area contributed by atoms with Crippen molar-refractivity contribution < 1.29 is 41.8 Å². The number of carbonyl (C=O) groups excluding carboxylic acids is 4. The number of aromatic nitrogens is 2. The molecule has 1 aromatic heterocycles. The number of anilines is 2. The summed E-state index contributed by atoms with van der Waals surface area (Å²) in [5.74, 6) is -4.97. The number of hydrogen-bond acceptors (Lipinski definition) is 9. The number of nitrogens with two attached hydrogens (primary N) is 1. The van der Waals surface area contributed by atoms with Crippen LogP contribution in [0.15, 0.2) is 84.9 Å². The number of benzene rings is 3. The van der Waals surface area contributed by atoms with Gasteiger partial charge in [-0.15, -0.1) is 0 Å². The zero-order chi connectivity index (χ0) is 35.3. The molecule has 14 heteroatoms. The van der Waals surface area contributed by atoms with Crippen molar-refractivity contribution in [1.29, 1.82) is 0 Å². The maximum atomic E-state index is 14.7. The van der Waals surface area contributed by atoms with E-state index in [2.05, 4.69) is 14.7 Å². The molecule has 0 spiro atoms. The lowest BCUT2D eigenvalue weighted by Gasteiger charge is -2.36. The second-order valence-electron chi connectivity index (χ2n) is 11.3. The molecular weight excluding hydrogens is 643 g/mol. The average Bonchev–Trinajstić information content (AvgIpc) is 3.14. The molecule has 1 aliphatic rings. The van der Waals surface area contributed by atoms with Crippen molar-refractivity contribution in [2.45, 2.75) is 44.4 Å². The van der Waals surface area contributed by atoms with Crippen LogP contribution in [0.25, 0.3) is 0 Å². The maximum absolute atomic E-state index is 14.7. The summed E-state index contributed by atoms with van der Waals surface area (Å²) in [5, 5.41) is 0. The number of amides is 2. The molecule has 0 fully saturated rings. The smallest absolute Gasteiger partial charge is 0.478 e. The van der Waals surface area contributed by atoms with Crippen LogP contribution in [-0.2, 0) is 25.5 Å². The van der Waals surface area contributed by atoms with E-state index in [9.17, 15) is 32.3 Å². The zero-order valence-corrected chi connectivity index (χ0v) is 26.5. The summed E-state index contributed by atoms with van der Waals surface area (Å²) in [4.78, 5) is 64.0. The van der Waals surface area contributed by atoms with Gasteiger partial charge in [-0.1, -0.05) is 66.7 Å². The number of fused-ring (bicyclic) bond motifs is 1. The summed E-state index contributed by atoms with van der Waals surface area (Å²) in [6.07, 6.45) is -5.28. The molecule has 0 saturated heterocycles. The number of likely N-dealkylation sites (N-methyl/N-ethyl adjacent to an activating group) is 1. The molecule has 5 rings (SSSR count). The van der Waals surface area contributed by atoms with Crippen LogP contribution in [0.2, 0.25) is 0 Å². The third-order valence-corrected chi connectivity index (χ3v) is 7.87. The van der Waals surface area contributed by atoms with Crippen LogP contribution >= 0.6 is 0 Å². The summed E-state index contributed by atoms with van der Waals surface area (Å²) in [7, 11) is 1.52. The average molecular weight is 676 g/mol. The lowest BCUT2D eigenvalue weighted by atomic mass is 9.95. The summed E-state index contributed by atoms with van der Waals surface area (Å²) in [6, 6.07) is 20.5. The van der Waals surface area contributed by atoms with Crippen LogP contribution < -0.4 is 15.4 Å². The summed E-state index contributed by atoms with van der Waals surface area (Å²) < 4.78 is 48.8. The minimum absolute atomic E-state index is 0.0883. The van der Waals surface area contributed by atoms with Gasteiger partial charge in [-0.25, -0.2) is 9.78 Å². The number of nitrogen functional groups attached to an aromatic ring is 1. The van der Waals surface area contributed by atoms with Crippen LogP contribution in [0.4, 0.5) is 24.8 Å². The highest BCUT2D eigenvalue weighted by Crippen LogP contribution is 2.41. The molecule has 49 heavy (non-hydrogen) atoms. The third-order valence-electron chi connectivity index (χ3n) is 7.87. The number of alkyl halides is 3. The van der Waals surface area contributed by atoms with Gasteiger partial charge < -0.3 is 25.0 Å². The Morgan fingerprint density at radius 3 is 2.29 bits per heavy atom. The van der Waals surface area contributed by atoms with Gasteiger partial charge in [-0.3, -0.25) is 14.4 Å². The predicted molar refractivity (Wildman–Crippen MR) is 171 cm³/mol. The molecule has 2 heterocycles. The van der Waals surface area contributed by atoms with Crippen molar-refractivity contribution in [3.8, 4) is 5.88 Å². The van der Waals surface area contributed by atoms with Gasteiger partial charge in [-0.05, 0) is 48.6 Å². The molecule has 4 aromatic rings. The third kappa shape index (κ3) is 8.03. The van der Waals surface area contributed by atoms with Gasteiger partial charge >= 0.3 is 18.1 Å². The van der Waals surface area contributed by atoms with Gasteiger partial charge in [0.15, 0.2) is 0 Å². The number of esters is 2. The van der Waals surface area contributed by atoms with Gasteiger partial charge in [0.05, 0.1) is 30.3 Å². The first-order valence-electron chi connectivity index (χ1n) is 15.2. The van der Waals surface area contributed by atoms with E-state index >= 15 is 0 Å². The van der Waals surface area contributed by atoms with E-state index in [4.69, 9.17) is 10.5 Å². The second-order valence-corrected chi connectivity index (χ2v) is 11.3. The molecule has 0 saturated carbocycles. The van der Waals surface area contributed by atoms with Crippen molar-refractivity contribution in [2.24, 2.45) is 0 Å². The molecule has 2 amide bonds. The van der Waals surface area contributed by atoms with Crippen LogP contribution in [0.5, 0.6) is 5.88 Å². The van der Waals surface area contributed by atoms with Gasteiger partial charge in [0, 0.05) is 18.8 Å². The van der Waals surface area contributed by atoms with Gasteiger partial charge in [0.25, 0.3) is 11.8 Å². The molecule has 3 aromatic carbocycles. The number of carbonyl (C=O) groups is 4. The molecule has 2 atom stereocenters. The molecule has 11 nitrogen and oxygen atoms in total. The van der Waals surface area contributed by atoms with Crippen molar-refractivity contribution in [3.05, 3.63) is 113 Å². The van der Waals surface area contributed by atoms with Crippen LogP contribution in [0.1, 0.15) is 57.7 Å². The lowest BCUT2D eigenvalue weighted by molar-refractivity contribution is -0.202. The van der Waals surface area contributed by atoms with E-state index in [1.54, 1.807) is 91.9 Å². The van der Waals surface area contributed by atoms with Crippen molar-refractivity contribution in [3.63, 3.8) is 0 Å². The van der Waals surface area contributed by atoms with Crippen LogP contribution in [0, 0.1) is 6.92 Å². The van der Waals surface area contributed by atoms with Crippen molar-refractivity contribution >= 4 is 35.4 Å². The number of halogens is 3. The summed E-state index contributed by atoms with van der Waals surface area (Å²) in [6.45, 7) is 2.04. The Balaban J connectivity index is 1.52. The van der Waals surface area contributed by atoms with Crippen LogP contribution in [-0.4, -0.2) is 58.5 Å². The van der Waals surface area contributed by atoms with Crippen molar-refractivity contribution in [1.82, 2.24) is 14.9 Å². The minimum atomic E-state index is -5.41. The number of hydrogen-bond donors (Lipinski definition) is 1. The van der Waals surface area contributed by atoms with Crippen molar-refractivity contribution in [2.75, 3.05) is 24.3 Å². The van der Waals surface area contributed by atoms with E-state index in [0.717, 1.165) is 5.56 Å². The summed E-state index contributed by atoms with van der Waals surface area (Å²) >= 11 is 0. The SMILES string of the molecule is Cc1cc(OCCCc2ccc3c(c2)C(=O)N(C(CC(=O)OC(=O)C(F)(F)F)c2ccccc2)C(c2ccccc2)C(=O)N3C)nc(N)n1. The Morgan fingerprint density at radius 1 is 0.959 bits per heavy atom. The molecule has 2 N–H and O–H groups in total. The van der Waals surface area contributed by atoms with E-state index in [-0.39, 0.29) is 18.1 Å². The normalized spacial score (nSPS) is 15.3. The fourth-order valence-electron chi connectivity index (χ4n) is 5.64. The quantitative estimate of drug-likeness (QED) is 0.134. The Morgan fingerprint density at radius 2 is 1.63 bits per heavy atom. The molecule has 2 unspecified atom stereocenters. The maximum Gasteiger partial charge on any atom is 0.491 e.